The summed E-state index contributed by atoms with van der Waals surface area (Å²) in [5.74, 6) is 1.64. The largest absolute Gasteiger partial charge is 0.490 e. The summed E-state index contributed by atoms with van der Waals surface area (Å²) in [6, 6.07) is 6.36. The van der Waals surface area contributed by atoms with Crippen molar-refractivity contribution in [3.8, 4) is 11.5 Å². The average Bonchev–Trinajstić information content (AvgIpc) is 2.91. The van der Waals surface area contributed by atoms with Gasteiger partial charge in [-0.15, -0.1) is 0 Å². The van der Waals surface area contributed by atoms with Crippen molar-refractivity contribution in [2.24, 2.45) is 0 Å². The third kappa shape index (κ3) is 4.07. The van der Waals surface area contributed by atoms with E-state index in [4.69, 9.17) is 14.2 Å². The molecule has 126 valence electrons. The summed E-state index contributed by atoms with van der Waals surface area (Å²) in [5, 5.41) is 3.50. The number of amides is 1. The van der Waals surface area contributed by atoms with E-state index in [0.29, 0.717) is 32.4 Å². The van der Waals surface area contributed by atoms with Crippen molar-refractivity contribution in [2.45, 2.75) is 32.4 Å². The van der Waals surface area contributed by atoms with Gasteiger partial charge in [0.05, 0.1) is 19.8 Å². The van der Waals surface area contributed by atoms with Gasteiger partial charge in [-0.1, -0.05) is 6.07 Å². The summed E-state index contributed by atoms with van der Waals surface area (Å²) in [6.45, 7) is 5.84. The second-order valence-electron chi connectivity index (χ2n) is 5.84. The summed E-state index contributed by atoms with van der Waals surface area (Å²) < 4.78 is 16.4. The quantitative estimate of drug-likeness (QED) is 0.921. The first-order valence-electron chi connectivity index (χ1n) is 8.30. The average molecular weight is 320 g/mol. The maximum absolute atomic E-state index is 11.7. The number of nitrogens with zero attached hydrogens (tertiary/aromatic N) is 1. The van der Waals surface area contributed by atoms with Crippen molar-refractivity contribution < 1.29 is 19.0 Å². The molecule has 23 heavy (non-hydrogen) atoms. The molecular formula is C17H24N2O4. The van der Waals surface area contributed by atoms with Crippen molar-refractivity contribution >= 4 is 6.09 Å². The molecule has 0 bridgehead atoms. The summed E-state index contributed by atoms with van der Waals surface area (Å²) >= 11 is 0. The first kappa shape index (κ1) is 15.9. The van der Waals surface area contributed by atoms with Gasteiger partial charge in [-0.2, -0.15) is 0 Å². The predicted octanol–water partition coefficient (Wildman–Crippen LogP) is 2.17. The summed E-state index contributed by atoms with van der Waals surface area (Å²) in [4.78, 5) is 13.5. The normalized spacial score (nSPS) is 20.2. The second-order valence-corrected chi connectivity index (χ2v) is 5.84. The van der Waals surface area contributed by atoms with Crippen LogP contribution in [0.25, 0.3) is 0 Å². The number of fused-ring (bicyclic) bond motifs is 1. The molecular weight excluding hydrogens is 296 g/mol. The van der Waals surface area contributed by atoms with Gasteiger partial charge in [-0.25, -0.2) is 4.79 Å². The van der Waals surface area contributed by atoms with E-state index in [2.05, 4.69) is 11.4 Å². The van der Waals surface area contributed by atoms with Crippen LogP contribution < -0.4 is 14.8 Å². The van der Waals surface area contributed by atoms with Crippen LogP contribution in [-0.2, 0) is 11.3 Å². The van der Waals surface area contributed by atoms with Crippen LogP contribution in [-0.4, -0.2) is 49.9 Å². The van der Waals surface area contributed by atoms with Gasteiger partial charge in [0.15, 0.2) is 11.5 Å². The molecule has 0 aliphatic carbocycles. The van der Waals surface area contributed by atoms with Crippen molar-refractivity contribution in [3.63, 3.8) is 0 Å². The molecule has 0 saturated carbocycles. The molecule has 1 saturated heterocycles. The van der Waals surface area contributed by atoms with Crippen molar-refractivity contribution in [1.29, 1.82) is 0 Å². The molecule has 1 aromatic rings. The standard InChI is InChI=1S/C17H24N2O4/c1-2-21-17(20)19-7-6-14(12-19)18-11-13-4-5-15-16(10-13)23-9-3-8-22-15/h4-5,10,14,18H,2-3,6-9,11-12H2,1H3/t14-/m0/s1. The highest BCUT2D eigenvalue weighted by Crippen LogP contribution is 2.30. The smallest absolute Gasteiger partial charge is 0.409 e. The Labute approximate surface area is 136 Å². The predicted molar refractivity (Wildman–Crippen MR) is 85.9 cm³/mol. The fourth-order valence-electron chi connectivity index (χ4n) is 2.89. The van der Waals surface area contributed by atoms with Crippen molar-refractivity contribution in [2.75, 3.05) is 32.9 Å². The molecule has 0 unspecified atom stereocenters. The van der Waals surface area contributed by atoms with Crippen LogP contribution in [0.4, 0.5) is 4.79 Å². The van der Waals surface area contributed by atoms with E-state index in [1.54, 1.807) is 4.90 Å². The number of hydrogen-bond acceptors (Lipinski definition) is 5. The first-order chi connectivity index (χ1) is 11.3. The first-order valence-corrected chi connectivity index (χ1v) is 8.30. The van der Waals surface area contributed by atoms with Crippen LogP contribution in [0.3, 0.4) is 0 Å². The second kappa shape index (κ2) is 7.55. The van der Waals surface area contributed by atoms with E-state index < -0.39 is 0 Å². The molecule has 2 heterocycles. The Bertz CT molecular complexity index is 549. The third-order valence-corrected chi connectivity index (χ3v) is 4.12. The van der Waals surface area contributed by atoms with E-state index in [9.17, 15) is 4.79 Å². The highest BCUT2D eigenvalue weighted by molar-refractivity contribution is 5.68. The molecule has 1 fully saturated rings. The Morgan fingerprint density at radius 2 is 2.17 bits per heavy atom. The SMILES string of the molecule is CCOC(=O)N1CC[C@H](NCc2ccc3c(c2)OCCCO3)C1. The Morgan fingerprint density at radius 3 is 3.00 bits per heavy atom. The lowest BCUT2D eigenvalue weighted by molar-refractivity contribution is 0.115. The number of likely N-dealkylation sites (tertiary alicyclic amines) is 1. The molecule has 6 heteroatoms. The minimum Gasteiger partial charge on any atom is -0.490 e. The number of rotatable bonds is 4. The number of ether oxygens (including phenoxy) is 3. The van der Waals surface area contributed by atoms with Gasteiger partial charge in [-0.05, 0) is 31.0 Å². The molecule has 1 amide bonds. The number of carbonyl (C=O) groups is 1. The highest BCUT2D eigenvalue weighted by atomic mass is 16.6. The van der Waals surface area contributed by atoms with Crippen molar-refractivity contribution in [3.05, 3.63) is 23.8 Å². The Balaban J connectivity index is 1.51. The molecule has 1 N–H and O–H groups in total. The Kier molecular flexibility index (Phi) is 5.23. The molecule has 0 aromatic heterocycles. The van der Waals surface area contributed by atoms with Crippen LogP contribution in [0.1, 0.15) is 25.3 Å². The van der Waals surface area contributed by atoms with Crippen LogP contribution >= 0.6 is 0 Å². The lowest BCUT2D eigenvalue weighted by atomic mass is 10.1. The van der Waals surface area contributed by atoms with Crippen molar-refractivity contribution in [1.82, 2.24) is 10.2 Å². The Morgan fingerprint density at radius 1 is 1.35 bits per heavy atom. The van der Waals surface area contributed by atoms with E-state index in [0.717, 1.165) is 43.0 Å². The lowest BCUT2D eigenvalue weighted by Gasteiger charge is -2.16. The van der Waals surface area contributed by atoms with E-state index in [1.807, 2.05) is 19.1 Å². The molecule has 6 nitrogen and oxygen atoms in total. The van der Waals surface area contributed by atoms with Crippen LogP contribution in [0.15, 0.2) is 18.2 Å². The van der Waals surface area contributed by atoms with Gasteiger partial charge in [0.2, 0.25) is 0 Å². The van der Waals surface area contributed by atoms with Crippen LogP contribution in [0.5, 0.6) is 11.5 Å². The highest BCUT2D eigenvalue weighted by Gasteiger charge is 2.26. The fourth-order valence-corrected chi connectivity index (χ4v) is 2.89. The summed E-state index contributed by atoms with van der Waals surface area (Å²) in [6.07, 6.45) is 1.64. The third-order valence-electron chi connectivity index (χ3n) is 4.12. The fraction of sp³-hybridized carbons (Fsp3) is 0.588. The molecule has 0 spiro atoms. The maximum atomic E-state index is 11.7. The van der Waals surface area contributed by atoms with E-state index in [1.165, 1.54) is 0 Å². The zero-order chi connectivity index (χ0) is 16.1. The molecule has 0 radical (unpaired) electrons. The molecule has 2 aliphatic heterocycles. The van der Waals surface area contributed by atoms with E-state index >= 15 is 0 Å². The zero-order valence-corrected chi connectivity index (χ0v) is 13.5. The summed E-state index contributed by atoms with van der Waals surface area (Å²) in [5.41, 5.74) is 1.16. The Hall–Kier alpha value is -1.95. The topological polar surface area (TPSA) is 60.0 Å². The number of hydrogen-bond donors (Lipinski definition) is 1. The van der Waals surface area contributed by atoms with Crippen LogP contribution in [0, 0.1) is 0 Å². The van der Waals surface area contributed by atoms with Gasteiger partial charge in [0.25, 0.3) is 0 Å². The zero-order valence-electron chi connectivity index (χ0n) is 13.5. The number of benzene rings is 1. The van der Waals surface area contributed by atoms with Gasteiger partial charge in [0, 0.05) is 32.1 Å². The van der Waals surface area contributed by atoms with Gasteiger partial charge in [-0.3, -0.25) is 0 Å². The number of nitrogens with one attached hydrogen (secondary N) is 1. The van der Waals surface area contributed by atoms with Crippen LogP contribution in [0.2, 0.25) is 0 Å². The minimum atomic E-state index is -0.215. The minimum absolute atomic E-state index is 0.215. The lowest BCUT2D eigenvalue weighted by Crippen LogP contribution is -2.35. The molecule has 3 rings (SSSR count). The molecule has 2 aliphatic rings. The van der Waals surface area contributed by atoms with Gasteiger partial charge in [0.1, 0.15) is 0 Å². The monoisotopic (exact) mass is 320 g/mol. The summed E-state index contributed by atoms with van der Waals surface area (Å²) in [7, 11) is 0. The maximum Gasteiger partial charge on any atom is 0.409 e. The van der Waals surface area contributed by atoms with Gasteiger partial charge >= 0.3 is 6.09 Å². The van der Waals surface area contributed by atoms with E-state index in [-0.39, 0.29) is 6.09 Å². The number of carbonyl (C=O) groups excluding carboxylic acids is 1. The molecule has 1 aromatic carbocycles. The van der Waals surface area contributed by atoms with Gasteiger partial charge < -0.3 is 24.4 Å². The molecule has 1 atom stereocenters.